The van der Waals surface area contributed by atoms with Crippen LogP contribution in [0.15, 0.2) is 60.8 Å². The van der Waals surface area contributed by atoms with Crippen LogP contribution in [0.1, 0.15) is 17.2 Å². The van der Waals surface area contributed by atoms with Gasteiger partial charge in [0, 0.05) is 22.6 Å². The second-order valence-corrected chi connectivity index (χ2v) is 5.23. The van der Waals surface area contributed by atoms with Crippen LogP contribution in [0.4, 0.5) is 0 Å². The molecular weight excluding hydrogens is 268 g/mol. The number of hydrogen-bond acceptors (Lipinski definition) is 2. The Kier molecular flexibility index (Phi) is 3.68. The van der Waals surface area contributed by atoms with Crippen LogP contribution >= 0.6 is 11.6 Å². The number of para-hydroxylation sites is 1. The van der Waals surface area contributed by atoms with Crippen LogP contribution in [0.3, 0.4) is 0 Å². The molecule has 20 heavy (non-hydrogen) atoms. The highest BCUT2D eigenvalue weighted by molar-refractivity contribution is 6.31. The SMILES string of the molecule is NC(Cc1ccnc2ccccc12)c1ccccc1Cl. The predicted molar refractivity (Wildman–Crippen MR) is 83.8 cm³/mol. The number of halogens is 1. The van der Waals surface area contributed by atoms with Gasteiger partial charge in [-0.05, 0) is 35.7 Å². The van der Waals surface area contributed by atoms with Gasteiger partial charge in [-0.1, -0.05) is 48.0 Å². The molecular formula is C17H15ClN2. The van der Waals surface area contributed by atoms with E-state index in [4.69, 9.17) is 17.3 Å². The fourth-order valence-corrected chi connectivity index (χ4v) is 2.73. The molecule has 3 aromatic rings. The molecule has 1 heterocycles. The normalized spacial score (nSPS) is 12.5. The van der Waals surface area contributed by atoms with Crippen LogP contribution in [0, 0.1) is 0 Å². The molecule has 0 spiro atoms. The lowest BCUT2D eigenvalue weighted by Gasteiger charge is -2.15. The zero-order chi connectivity index (χ0) is 13.9. The van der Waals surface area contributed by atoms with Crippen LogP contribution in [-0.4, -0.2) is 4.98 Å². The highest BCUT2D eigenvalue weighted by atomic mass is 35.5. The number of hydrogen-bond donors (Lipinski definition) is 1. The zero-order valence-corrected chi connectivity index (χ0v) is 11.7. The van der Waals surface area contributed by atoms with Gasteiger partial charge in [0.1, 0.15) is 0 Å². The van der Waals surface area contributed by atoms with Gasteiger partial charge in [-0.15, -0.1) is 0 Å². The Bertz CT molecular complexity index is 734. The Hall–Kier alpha value is -1.90. The Balaban J connectivity index is 1.96. The molecule has 1 aromatic heterocycles. The monoisotopic (exact) mass is 282 g/mol. The number of pyridine rings is 1. The molecule has 2 nitrogen and oxygen atoms in total. The standard InChI is InChI=1S/C17H15ClN2/c18-15-7-3-1-6-14(15)16(19)11-12-9-10-20-17-8-4-2-5-13(12)17/h1-10,16H,11,19H2. The molecule has 3 heteroatoms. The number of nitrogens with two attached hydrogens (primary N) is 1. The van der Waals surface area contributed by atoms with Gasteiger partial charge in [0.2, 0.25) is 0 Å². The third-order valence-electron chi connectivity index (χ3n) is 3.48. The fourth-order valence-electron chi connectivity index (χ4n) is 2.46. The lowest BCUT2D eigenvalue weighted by molar-refractivity contribution is 0.725. The van der Waals surface area contributed by atoms with Gasteiger partial charge in [0.15, 0.2) is 0 Å². The number of benzene rings is 2. The summed E-state index contributed by atoms with van der Waals surface area (Å²) in [4.78, 5) is 4.37. The highest BCUT2D eigenvalue weighted by Crippen LogP contribution is 2.26. The minimum Gasteiger partial charge on any atom is -0.324 e. The maximum atomic E-state index is 6.31. The summed E-state index contributed by atoms with van der Waals surface area (Å²) in [5, 5.41) is 1.87. The summed E-state index contributed by atoms with van der Waals surface area (Å²) in [5.74, 6) is 0. The first kappa shape index (κ1) is 13.1. The van der Waals surface area contributed by atoms with Crippen molar-refractivity contribution in [1.29, 1.82) is 0 Å². The van der Waals surface area contributed by atoms with E-state index in [9.17, 15) is 0 Å². The van der Waals surface area contributed by atoms with Crippen molar-refractivity contribution in [3.05, 3.63) is 76.9 Å². The van der Waals surface area contributed by atoms with Crippen LogP contribution in [-0.2, 0) is 6.42 Å². The van der Waals surface area contributed by atoms with Crippen molar-refractivity contribution in [2.24, 2.45) is 5.73 Å². The summed E-state index contributed by atoms with van der Waals surface area (Å²) in [6.45, 7) is 0. The summed E-state index contributed by atoms with van der Waals surface area (Å²) < 4.78 is 0. The molecule has 0 radical (unpaired) electrons. The minimum absolute atomic E-state index is 0.116. The molecule has 0 saturated carbocycles. The lowest BCUT2D eigenvalue weighted by Crippen LogP contribution is -2.14. The fraction of sp³-hybridized carbons (Fsp3) is 0.118. The molecule has 0 aliphatic carbocycles. The summed E-state index contributed by atoms with van der Waals surface area (Å²) in [6, 6.07) is 17.8. The highest BCUT2D eigenvalue weighted by Gasteiger charge is 2.12. The van der Waals surface area contributed by atoms with Crippen molar-refractivity contribution < 1.29 is 0 Å². The van der Waals surface area contributed by atoms with Crippen molar-refractivity contribution in [1.82, 2.24) is 4.98 Å². The Morgan fingerprint density at radius 3 is 2.60 bits per heavy atom. The Morgan fingerprint density at radius 2 is 1.75 bits per heavy atom. The first-order chi connectivity index (χ1) is 9.75. The van der Waals surface area contributed by atoms with Crippen molar-refractivity contribution in [3.8, 4) is 0 Å². The molecule has 1 atom stereocenters. The number of nitrogens with zero attached hydrogens (tertiary/aromatic N) is 1. The van der Waals surface area contributed by atoms with E-state index >= 15 is 0 Å². The molecule has 2 N–H and O–H groups in total. The van der Waals surface area contributed by atoms with Crippen molar-refractivity contribution in [3.63, 3.8) is 0 Å². The molecule has 2 aromatic carbocycles. The second-order valence-electron chi connectivity index (χ2n) is 4.82. The van der Waals surface area contributed by atoms with E-state index in [0.717, 1.165) is 27.9 Å². The van der Waals surface area contributed by atoms with Crippen LogP contribution in [0.2, 0.25) is 5.02 Å². The van der Waals surface area contributed by atoms with E-state index in [-0.39, 0.29) is 6.04 Å². The number of aromatic nitrogens is 1. The van der Waals surface area contributed by atoms with E-state index in [1.807, 2.05) is 54.7 Å². The van der Waals surface area contributed by atoms with E-state index in [1.54, 1.807) is 0 Å². The van der Waals surface area contributed by atoms with Crippen molar-refractivity contribution in [2.45, 2.75) is 12.5 Å². The lowest BCUT2D eigenvalue weighted by atomic mass is 9.97. The van der Waals surface area contributed by atoms with Gasteiger partial charge in [0.25, 0.3) is 0 Å². The molecule has 0 aliphatic rings. The largest absolute Gasteiger partial charge is 0.324 e. The second kappa shape index (κ2) is 5.61. The van der Waals surface area contributed by atoms with Gasteiger partial charge >= 0.3 is 0 Å². The summed E-state index contributed by atoms with van der Waals surface area (Å²) in [5.41, 5.74) is 9.49. The van der Waals surface area contributed by atoms with Crippen LogP contribution in [0.5, 0.6) is 0 Å². The topological polar surface area (TPSA) is 38.9 Å². The van der Waals surface area contributed by atoms with Crippen LogP contribution in [0.25, 0.3) is 10.9 Å². The van der Waals surface area contributed by atoms with Gasteiger partial charge in [-0.3, -0.25) is 4.98 Å². The average Bonchev–Trinajstić information content (AvgIpc) is 2.48. The summed E-state index contributed by atoms with van der Waals surface area (Å²) >= 11 is 6.21. The van der Waals surface area contributed by atoms with Gasteiger partial charge in [-0.2, -0.15) is 0 Å². The number of rotatable bonds is 3. The first-order valence-electron chi connectivity index (χ1n) is 6.58. The van der Waals surface area contributed by atoms with E-state index in [1.165, 1.54) is 5.56 Å². The van der Waals surface area contributed by atoms with Gasteiger partial charge in [0.05, 0.1) is 5.52 Å². The van der Waals surface area contributed by atoms with Crippen molar-refractivity contribution >= 4 is 22.5 Å². The van der Waals surface area contributed by atoms with Gasteiger partial charge < -0.3 is 5.73 Å². The molecule has 1 unspecified atom stereocenters. The Morgan fingerprint density at radius 1 is 1.00 bits per heavy atom. The van der Waals surface area contributed by atoms with Gasteiger partial charge in [-0.25, -0.2) is 0 Å². The number of fused-ring (bicyclic) bond motifs is 1. The van der Waals surface area contributed by atoms with Crippen molar-refractivity contribution in [2.75, 3.05) is 0 Å². The predicted octanol–water partition coefficient (Wildman–Crippen LogP) is 4.13. The molecule has 0 amide bonds. The van der Waals surface area contributed by atoms with E-state index < -0.39 is 0 Å². The maximum absolute atomic E-state index is 6.31. The summed E-state index contributed by atoms with van der Waals surface area (Å²) in [7, 11) is 0. The third-order valence-corrected chi connectivity index (χ3v) is 3.83. The molecule has 100 valence electrons. The first-order valence-corrected chi connectivity index (χ1v) is 6.96. The van der Waals surface area contributed by atoms with E-state index in [2.05, 4.69) is 11.1 Å². The molecule has 0 saturated heterocycles. The molecule has 0 bridgehead atoms. The molecule has 3 rings (SSSR count). The molecule has 0 aliphatic heterocycles. The zero-order valence-electron chi connectivity index (χ0n) is 11.0. The average molecular weight is 283 g/mol. The third kappa shape index (κ3) is 2.53. The maximum Gasteiger partial charge on any atom is 0.0704 e. The summed E-state index contributed by atoms with van der Waals surface area (Å²) in [6.07, 6.45) is 2.57. The quantitative estimate of drug-likeness (QED) is 0.784. The minimum atomic E-state index is -0.116. The van der Waals surface area contributed by atoms with Crippen LogP contribution < -0.4 is 5.73 Å². The Labute approximate surface area is 123 Å². The molecule has 0 fully saturated rings. The van der Waals surface area contributed by atoms with E-state index in [0.29, 0.717) is 0 Å². The smallest absolute Gasteiger partial charge is 0.0704 e.